The van der Waals surface area contributed by atoms with Crippen molar-refractivity contribution >= 4 is 39.9 Å². The summed E-state index contributed by atoms with van der Waals surface area (Å²) in [6, 6.07) is 10.2. The van der Waals surface area contributed by atoms with Gasteiger partial charge in [-0.2, -0.15) is 10.1 Å². The van der Waals surface area contributed by atoms with E-state index in [1.807, 2.05) is 25.1 Å². The highest BCUT2D eigenvalue weighted by molar-refractivity contribution is 6.04. The number of hydrazone groups is 1. The van der Waals surface area contributed by atoms with Crippen LogP contribution in [-0.2, 0) is 0 Å². The predicted octanol–water partition coefficient (Wildman–Crippen LogP) is 3.18. The number of para-hydroxylation sites is 1. The van der Waals surface area contributed by atoms with Crippen molar-refractivity contribution in [3.8, 4) is 5.75 Å². The molecule has 0 aliphatic carbocycles. The number of hydrogen-bond donors (Lipinski definition) is 2. The number of nitro groups is 1. The molecule has 0 unspecified atom stereocenters. The Morgan fingerprint density at radius 3 is 2.93 bits per heavy atom. The van der Waals surface area contributed by atoms with Gasteiger partial charge in [-0.3, -0.25) is 10.1 Å². The van der Waals surface area contributed by atoms with Gasteiger partial charge < -0.3 is 9.72 Å². The molecule has 0 saturated heterocycles. The van der Waals surface area contributed by atoms with Gasteiger partial charge >= 0.3 is 0 Å². The first kappa shape index (κ1) is 17.3. The van der Waals surface area contributed by atoms with Crippen LogP contribution in [0.25, 0.3) is 22.1 Å². The fourth-order valence-corrected chi connectivity index (χ4v) is 2.89. The highest BCUT2D eigenvalue weighted by Gasteiger charge is 2.11. The number of fused-ring (bicyclic) bond motifs is 3. The molecule has 0 saturated carbocycles. The SMILES string of the molecule is COc1ccc([N+](=O)[O-])cc1/C=N\Nc1nnc2c(n1)[nH]c1c(C)cccc12. The fourth-order valence-electron chi connectivity index (χ4n) is 2.89. The summed E-state index contributed by atoms with van der Waals surface area (Å²) < 4.78 is 5.20. The van der Waals surface area contributed by atoms with E-state index < -0.39 is 4.92 Å². The van der Waals surface area contributed by atoms with Crippen molar-refractivity contribution < 1.29 is 9.66 Å². The minimum atomic E-state index is -0.483. The first-order chi connectivity index (χ1) is 13.6. The lowest BCUT2D eigenvalue weighted by atomic mass is 10.1. The van der Waals surface area contributed by atoms with E-state index in [0.717, 1.165) is 16.5 Å². The molecule has 2 aromatic heterocycles. The molecule has 2 heterocycles. The zero-order chi connectivity index (χ0) is 19.7. The molecule has 0 atom stereocenters. The van der Waals surface area contributed by atoms with Gasteiger partial charge in [-0.25, -0.2) is 5.43 Å². The quantitative estimate of drug-likeness (QED) is 0.310. The van der Waals surface area contributed by atoms with E-state index in [1.54, 1.807) is 0 Å². The Morgan fingerprint density at radius 1 is 1.29 bits per heavy atom. The van der Waals surface area contributed by atoms with E-state index in [4.69, 9.17) is 4.74 Å². The Labute approximate surface area is 158 Å². The number of aryl methyl sites for hydroxylation is 1. The van der Waals surface area contributed by atoms with Gasteiger partial charge in [-0.1, -0.05) is 18.2 Å². The maximum atomic E-state index is 10.9. The Morgan fingerprint density at radius 2 is 2.14 bits per heavy atom. The van der Waals surface area contributed by atoms with Gasteiger partial charge in [0.05, 0.1) is 23.8 Å². The lowest BCUT2D eigenvalue weighted by Gasteiger charge is -2.03. The van der Waals surface area contributed by atoms with Crippen molar-refractivity contribution in [2.45, 2.75) is 6.92 Å². The number of nitrogens with zero attached hydrogens (tertiary/aromatic N) is 5. The van der Waals surface area contributed by atoms with Crippen molar-refractivity contribution in [3.63, 3.8) is 0 Å². The number of aromatic amines is 1. The Hall–Kier alpha value is -4.08. The van der Waals surface area contributed by atoms with E-state index in [2.05, 4.69) is 30.7 Å². The minimum Gasteiger partial charge on any atom is -0.496 e. The largest absolute Gasteiger partial charge is 0.496 e. The number of anilines is 1. The summed E-state index contributed by atoms with van der Waals surface area (Å²) in [5.41, 5.74) is 6.38. The summed E-state index contributed by atoms with van der Waals surface area (Å²) in [5.74, 6) is 0.647. The number of nitrogens with one attached hydrogen (secondary N) is 2. The smallest absolute Gasteiger partial charge is 0.270 e. The van der Waals surface area contributed by atoms with Crippen LogP contribution in [0.4, 0.5) is 11.6 Å². The molecule has 0 aliphatic heterocycles. The highest BCUT2D eigenvalue weighted by atomic mass is 16.6. The van der Waals surface area contributed by atoms with Crippen molar-refractivity contribution in [3.05, 3.63) is 57.6 Å². The molecular weight excluding hydrogens is 362 g/mol. The first-order valence-electron chi connectivity index (χ1n) is 8.30. The number of rotatable bonds is 5. The predicted molar refractivity (Wildman–Crippen MR) is 105 cm³/mol. The lowest BCUT2D eigenvalue weighted by Crippen LogP contribution is -2.00. The Kier molecular flexibility index (Phi) is 4.28. The maximum absolute atomic E-state index is 10.9. The Balaban J connectivity index is 1.62. The van der Waals surface area contributed by atoms with E-state index in [-0.39, 0.29) is 11.6 Å². The summed E-state index contributed by atoms with van der Waals surface area (Å²) in [6.07, 6.45) is 1.40. The number of methoxy groups -OCH3 is 1. The molecule has 10 nitrogen and oxygen atoms in total. The van der Waals surface area contributed by atoms with E-state index in [0.29, 0.717) is 22.5 Å². The molecule has 4 rings (SSSR count). The van der Waals surface area contributed by atoms with E-state index in [9.17, 15) is 10.1 Å². The van der Waals surface area contributed by atoms with Crippen molar-refractivity contribution in [1.82, 2.24) is 20.2 Å². The van der Waals surface area contributed by atoms with Crippen LogP contribution in [0.2, 0.25) is 0 Å². The van der Waals surface area contributed by atoms with Gasteiger partial charge in [-0.05, 0) is 18.6 Å². The van der Waals surface area contributed by atoms with Crippen LogP contribution in [0, 0.1) is 17.0 Å². The normalized spacial score (nSPS) is 11.4. The zero-order valence-electron chi connectivity index (χ0n) is 15.0. The monoisotopic (exact) mass is 377 g/mol. The molecule has 0 amide bonds. The highest BCUT2D eigenvalue weighted by Crippen LogP contribution is 2.25. The molecule has 2 N–H and O–H groups in total. The fraction of sp³-hybridized carbons (Fsp3) is 0.111. The molecule has 140 valence electrons. The van der Waals surface area contributed by atoms with Crippen LogP contribution in [0.1, 0.15) is 11.1 Å². The summed E-state index contributed by atoms with van der Waals surface area (Å²) in [4.78, 5) is 18.1. The second kappa shape index (κ2) is 6.91. The number of ether oxygens (including phenoxy) is 1. The van der Waals surface area contributed by atoms with Crippen LogP contribution in [0.3, 0.4) is 0 Å². The second-order valence-corrected chi connectivity index (χ2v) is 6.01. The van der Waals surface area contributed by atoms with E-state index >= 15 is 0 Å². The number of H-pyrrole nitrogens is 1. The van der Waals surface area contributed by atoms with Gasteiger partial charge in [0.15, 0.2) is 5.65 Å². The average molecular weight is 377 g/mol. The van der Waals surface area contributed by atoms with Gasteiger partial charge in [-0.15, -0.1) is 10.2 Å². The molecule has 2 aromatic carbocycles. The second-order valence-electron chi connectivity index (χ2n) is 6.01. The Bertz CT molecular complexity index is 1230. The van der Waals surface area contributed by atoms with Gasteiger partial charge in [0.2, 0.25) is 0 Å². The van der Waals surface area contributed by atoms with Gasteiger partial charge in [0.25, 0.3) is 11.6 Å². The summed E-state index contributed by atoms with van der Waals surface area (Å²) in [5, 5.41) is 24.2. The molecule has 4 aromatic rings. The number of aromatic nitrogens is 4. The average Bonchev–Trinajstić information content (AvgIpc) is 3.07. The third-order valence-corrected chi connectivity index (χ3v) is 4.25. The standard InChI is InChI=1S/C18H15N7O3/c1-10-4-3-5-13-15(10)20-17-16(13)22-24-18(21-17)23-19-9-11-8-12(25(26)27)6-7-14(11)28-2/h3-9H,1-2H3,(H2,20,21,23,24)/b19-9-. The lowest BCUT2D eigenvalue weighted by molar-refractivity contribution is -0.384. The van der Waals surface area contributed by atoms with Gasteiger partial charge in [0.1, 0.15) is 11.3 Å². The van der Waals surface area contributed by atoms with Crippen LogP contribution in [-0.4, -0.2) is 38.4 Å². The van der Waals surface area contributed by atoms with Crippen LogP contribution < -0.4 is 10.2 Å². The molecule has 0 spiro atoms. The number of benzene rings is 2. The molecule has 0 radical (unpaired) electrons. The zero-order valence-corrected chi connectivity index (χ0v) is 15.0. The molecule has 0 aliphatic rings. The van der Waals surface area contributed by atoms with E-state index in [1.165, 1.54) is 31.5 Å². The van der Waals surface area contributed by atoms with Crippen LogP contribution in [0.15, 0.2) is 41.5 Å². The third-order valence-electron chi connectivity index (χ3n) is 4.25. The first-order valence-corrected chi connectivity index (χ1v) is 8.30. The summed E-state index contributed by atoms with van der Waals surface area (Å²) in [7, 11) is 1.48. The number of hydrogen-bond acceptors (Lipinski definition) is 8. The number of non-ortho nitro benzene ring substituents is 1. The van der Waals surface area contributed by atoms with Crippen LogP contribution in [0.5, 0.6) is 5.75 Å². The topological polar surface area (TPSA) is 131 Å². The molecule has 0 fully saturated rings. The summed E-state index contributed by atoms with van der Waals surface area (Å²) >= 11 is 0. The maximum Gasteiger partial charge on any atom is 0.270 e. The molecule has 10 heteroatoms. The molecule has 28 heavy (non-hydrogen) atoms. The molecule has 0 bridgehead atoms. The van der Waals surface area contributed by atoms with Gasteiger partial charge in [0, 0.05) is 23.1 Å². The number of nitro benzene ring substituents is 1. The minimum absolute atomic E-state index is 0.0602. The van der Waals surface area contributed by atoms with Crippen molar-refractivity contribution in [2.75, 3.05) is 12.5 Å². The van der Waals surface area contributed by atoms with Crippen molar-refractivity contribution in [1.29, 1.82) is 0 Å². The molecular formula is C18H15N7O3. The van der Waals surface area contributed by atoms with Crippen molar-refractivity contribution in [2.24, 2.45) is 5.10 Å². The third kappa shape index (κ3) is 3.07. The van der Waals surface area contributed by atoms with Crippen LogP contribution >= 0.6 is 0 Å². The summed E-state index contributed by atoms with van der Waals surface area (Å²) in [6.45, 7) is 2.00.